The van der Waals surface area contributed by atoms with Crippen LogP contribution in [-0.2, 0) is 21.2 Å². The molecule has 1 amide bonds. The molecule has 0 radical (unpaired) electrons. The van der Waals surface area contributed by atoms with E-state index in [1.165, 1.54) is 5.56 Å². The van der Waals surface area contributed by atoms with Gasteiger partial charge >= 0.3 is 0 Å². The molecule has 0 aromatic heterocycles. The number of anilines is 1. The summed E-state index contributed by atoms with van der Waals surface area (Å²) in [6.07, 6.45) is 4.72. The summed E-state index contributed by atoms with van der Waals surface area (Å²) in [5.41, 5.74) is 7.53. The smallest absolute Gasteiger partial charge is 0.262 e. The van der Waals surface area contributed by atoms with E-state index in [2.05, 4.69) is 4.72 Å². The van der Waals surface area contributed by atoms with E-state index in [9.17, 15) is 13.2 Å². The molecule has 6 rings (SSSR count). The Kier molecular flexibility index (Phi) is 3.81. The first kappa shape index (κ1) is 17.9. The van der Waals surface area contributed by atoms with Gasteiger partial charge in [0.2, 0.25) is 5.91 Å². The van der Waals surface area contributed by atoms with Gasteiger partial charge in [-0.1, -0.05) is 18.2 Å². The molecule has 148 valence electrons. The summed E-state index contributed by atoms with van der Waals surface area (Å²) in [7, 11) is -3.43. The van der Waals surface area contributed by atoms with Crippen molar-refractivity contribution in [2.24, 2.45) is 11.1 Å². The Balaban J connectivity index is 1.38. The van der Waals surface area contributed by atoms with Gasteiger partial charge in [-0.2, -0.15) is 0 Å². The van der Waals surface area contributed by atoms with E-state index in [-0.39, 0.29) is 11.3 Å². The molecule has 0 atom stereocenters. The molecular formula is C21H26N3O3S+. The summed E-state index contributed by atoms with van der Waals surface area (Å²) >= 11 is 0. The Morgan fingerprint density at radius 1 is 1.11 bits per heavy atom. The number of sulfonamides is 1. The van der Waals surface area contributed by atoms with Crippen LogP contribution in [0.3, 0.4) is 0 Å². The third-order valence-corrected chi connectivity index (χ3v) is 8.79. The summed E-state index contributed by atoms with van der Waals surface area (Å²) in [5, 5.41) is 1.87. The minimum absolute atomic E-state index is 0.147. The van der Waals surface area contributed by atoms with Crippen LogP contribution in [0.4, 0.5) is 5.69 Å². The van der Waals surface area contributed by atoms with Crippen molar-refractivity contribution in [3.8, 4) is 0 Å². The molecule has 6 nitrogen and oxygen atoms in total. The first-order chi connectivity index (χ1) is 13.3. The van der Waals surface area contributed by atoms with Crippen molar-refractivity contribution in [1.29, 1.82) is 0 Å². The largest absolute Gasteiger partial charge is 0.370 e. The highest BCUT2D eigenvalue weighted by molar-refractivity contribution is 7.93. The fourth-order valence-corrected chi connectivity index (χ4v) is 6.93. The summed E-state index contributed by atoms with van der Waals surface area (Å²) in [4.78, 5) is 11.8. The average molecular weight is 401 g/mol. The molecule has 4 heterocycles. The maximum absolute atomic E-state index is 12.3. The lowest BCUT2D eigenvalue weighted by molar-refractivity contribution is -0.945. The van der Waals surface area contributed by atoms with Crippen LogP contribution in [0.1, 0.15) is 31.2 Å². The van der Waals surface area contributed by atoms with E-state index in [0.29, 0.717) is 17.0 Å². The van der Waals surface area contributed by atoms with Gasteiger partial charge in [-0.3, -0.25) is 9.52 Å². The standard InChI is InChI=1S/C21H25N3O3S/c22-19(25)14-21-7-11-24(12-8-21,13-9-21)10-6-15-4-5-18-20-16(15)2-1-3-17(20)23-28(18,26)27/h1-5,23H,6-14H2,(H-,22,25)/p+1. The second-order valence-electron chi connectivity index (χ2n) is 8.94. The minimum Gasteiger partial charge on any atom is -0.370 e. The number of amides is 1. The molecule has 4 aliphatic rings. The summed E-state index contributed by atoms with van der Waals surface area (Å²) in [6, 6.07) is 9.52. The van der Waals surface area contributed by atoms with Crippen molar-refractivity contribution in [1.82, 2.24) is 0 Å². The number of quaternary nitrogens is 1. The Morgan fingerprint density at radius 2 is 1.82 bits per heavy atom. The zero-order valence-corrected chi connectivity index (χ0v) is 16.7. The van der Waals surface area contributed by atoms with Crippen LogP contribution in [0.5, 0.6) is 0 Å². The predicted molar refractivity (Wildman–Crippen MR) is 108 cm³/mol. The molecule has 0 spiro atoms. The van der Waals surface area contributed by atoms with Crippen molar-refractivity contribution < 1.29 is 17.7 Å². The van der Waals surface area contributed by atoms with Crippen molar-refractivity contribution >= 4 is 32.4 Å². The van der Waals surface area contributed by atoms with Crippen LogP contribution in [0, 0.1) is 5.41 Å². The zero-order chi connectivity index (χ0) is 19.6. The average Bonchev–Trinajstić information content (AvgIpc) is 2.93. The number of hydrogen-bond donors (Lipinski definition) is 2. The van der Waals surface area contributed by atoms with Crippen LogP contribution in [0.25, 0.3) is 10.8 Å². The van der Waals surface area contributed by atoms with E-state index < -0.39 is 10.0 Å². The quantitative estimate of drug-likeness (QED) is 0.755. The van der Waals surface area contributed by atoms with E-state index in [0.717, 1.165) is 67.1 Å². The molecule has 2 aromatic rings. The zero-order valence-electron chi connectivity index (χ0n) is 15.9. The third kappa shape index (κ3) is 2.71. The lowest BCUT2D eigenvalue weighted by atomic mass is 9.68. The first-order valence-electron chi connectivity index (χ1n) is 10.0. The van der Waals surface area contributed by atoms with Crippen molar-refractivity contribution in [3.63, 3.8) is 0 Å². The second kappa shape index (κ2) is 5.94. The number of primary amides is 1. The first-order valence-corrected chi connectivity index (χ1v) is 11.5. The molecule has 2 aromatic carbocycles. The molecule has 0 aliphatic carbocycles. The van der Waals surface area contributed by atoms with Gasteiger partial charge in [-0.15, -0.1) is 0 Å². The highest BCUT2D eigenvalue weighted by Crippen LogP contribution is 2.46. The van der Waals surface area contributed by atoms with Crippen molar-refractivity contribution in [2.75, 3.05) is 30.9 Å². The van der Waals surface area contributed by atoms with Gasteiger partial charge in [0.15, 0.2) is 0 Å². The molecule has 4 aliphatic heterocycles. The van der Waals surface area contributed by atoms with E-state index in [1.807, 2.05) is 24.3 Å². The monoisotopic (exact) mass is 400 g/mol. The van der Waals surface area contributed by atoms with Crippen LogP contribution in [0.2, 0.25) is 0 Å². The number of rotatable bonds is 5. The highest BCUT2D eigenvalue weighted by atomic mass is 32.2. The number of nitrogens with zero attached hydrogens (tertiary/aromatic N) is 1. The number of benzene rings is 2. The van der Waals surface area contributed by atoms with Crippen LogP contribution >= 0.6 is 0 Å². The van der Waals surface area contributed by atoms with Gasteiger partial charge in [-0.25, -0.2) is 8.42 Å². The molecule has 2 bridgehead atoms. The molecular weight excluding hydrogens is 374 g/mol. The molecule has 7 heteroatoms. The molecule has 0 unspecified atom stereocenters. The van der Waals surface area contributed by atoms with Crippen molar-refractivity contribution in [3.05, 3.63) is 35.9 Å². The number of carbonyl (C=O) groups excluding carboxylic acids is 1. The lowest BCUT2D eigenvalue weighted by Gasteiger charge is -2.54. The number of fused-ring (bicyclic) bond motifs is 3. The predicted octanol–water partition coefficient (Wildman–Crippen LogP) is 2.37. The number of nitrogens with one attached hydrogen (secondary N) is 1. The molecule has 0 saturated carbocycles. The van der Waals surface area contributed by atoms with E-state index in [1.54, 1.807) is 6.07 Å². The number of carbonyl (C=O) groups is 1. The Bertz CT molecular complexity index is 1070. The lowest BCUT2D eigenvalue weighted by Crippen LogP contribution is -2.62. The van der Waals surface area contributed by atoms with Gasteiger partial charge in [0.05, 0.1) is 36.8 Å². The fraction of sp³-hybridized carbons (Fsp3) is 0.476. The molecule has 3 N–H and O–H groups in total. The van der Waals surface area contributed by atoms with Gasteiger partial charge in [0, 0.05) is 37.5 Å². The molecule has 28 heavy (non-hydrogen) atoms. The number of piperidine rings is 3. The Labute approximate surface area is 165 Å². The van der Waals surface area contributed by atoms with Gasteiger partial charge in [-0.05, 0) is 28.5 Å². The molecule has 3 fully saturated rings. The minimum atomic E-state index is -3.43. The SMILES string of the molecule is NC(=O)CC12CC[N+](CCc3ccc4c5c(cccc35)NS4(=O)=O)(CC1)CC2. The maximum Gasteiger partial charge on any atom is 0.262 e. The van der Waals surface area contributed by atoms with Crippen molar-refractivity contribution in [2.45, 2.75) is 37.0 Å². The van der Waals surface area contributed by atoms with Crippen LogP contribution in [0.15, 0.2) is 35.2 Å². The van der Waals surface area contributed by atoms with E-state index >= 15 is 0 Å². The second-order valence-corrected chi connectivity index (χ2v) is 10.6. The van der Waals surface area contributed by atoms with Gasteiger partial charge in [0.25, 0.3) is 10.0 Å². The topological polar surface area (TPSA) is 89.3 Å². The number of nitrogens with two attached hydrogens (primary N) is 1. The van der Waals surface area contributed by atoms with Crippen LogP contribution in [-0.4, -0.2) is 45.0 Å². The third-order valence-electron chi connectivity index (χ3n) is 7.38. The summed E-state index contributed by atoms with van der Waals surface area (Å²) in [6.45, 7) is 4.41. The van der Waals surface area contributed by atoms with E-state index in [4.69, 9.17) is 5.73 Å². The Hall–Kier alpha value is -2.12. The fourth-order valence-electron chi connectivity index (χ4n) is 5.62. The van der Waals surface area contributed by atoms with Gasteiger partial charge in [0.1, 0.15) is 0 Å². The Morgan fingerprint density at radius 3 is 2.50 bits per heavy atom. The summed E-state index contributed by atoms with van der Waals surface area (Å²) in [5.74, 6) is -0.168. The normalized spacial score (nSPS) is 29.7. The maximum atomic E-state index is 12.3. The number of hydrogen-bond acceptors (Lipinski definition) is 3. The summed E-state index contributed by atoms with van der Waals surface area (Å²) < 4.78 is 28.4. The highest BCUT2D eigenvalue weighted by Gasteiger charge is 2.49. The molecule has 3 saturated heterocycles. The van der Waals surface area contributed by atoms with Gasteiger partial charge < -0.3 is 10.2 Å². The van der Waals surface area contributed by atoms with Crippen LogP contribution < -0.4 is 10.5 Å².